The Hall–Kier alpha value is -2.40. The van der Waals surface area contributed by atoms with Crippen LogP contribution in [0.2, 0.25) is 0 Å². The lowest BCUT2D eigenvalue weighted by atomic mass is 9.85. The Bertz CT molecular complexity index is 633. The number of ether oxygens (including phenoxy) is 1. The predicted octanol–water partition coefficient (Wildman–Crippen LogP) is 2.64. The fourth-order valence-electron chi connectivity index (χ4n) is 2.44. The van der Waals surface area contributed by atoms with Crippen LogP contribution in [0, 0.1) is 0 Å². The van der Waals surface area contributed by atoms with E-state index in [9.17, 15) is 4.79 Å². The first kappa shape index (κ1) is 13.6. The first-order valence-electron chi connectivity index (χ1n) is 6.45. The van der Waals surface area contributed by atoms with Crippen molar-refractivity contribution in [1.29, 1.82) is 0 Å². The molecule has 1 amide bonds. The fourth-order valence-corrected chi connectivity index (χ4v) is 2.68. The molecule has 4 nitrogen and oxygen atoms in total. The fraction of sp³-hybridized carbons (Fsp3) is 0.125. The van der Waals surface area contributed by atoms with Crippen molar-refractivity contribution in [3.05, 3.63) is 71.8 Å². The van der Waals surface area contributed by atoms with E-state index in [0.717, 1.165) is 5.06 Å². The first-order chi connectivity index (χ1) is 10.1. The molecule has 1 aliphatic rings. The normalized spacial score (nSPS) is 17.1. The third kappa shape index (κ3) is 2.15. The van der Waals surface area contributed by atoms with E-state index in [0.29, 0.717) is 11.1 Å². The molecule has 0 saturated carbocycles. The third-order valence-electron chi connectivity index (χ3n) is 3.40. The van der Waals surface area contributed by atoms with E-state index in [1.165, 1.54) is 7.05 Å². The van der Waals surface area contributed by atoms with Gasteiger partial charge in [-0.05, 0) is 0 Å². The molecule has 0 radical (unpaired) electrons. The zero-order valence-electron chi connectivity index (χ0n) is 11.4. The number of benzene rings is 2. The molecule has 106 valence electrons. The van der Waals surface area contributed by atoms with Crippen LogP contribution in [-0.4, -0.2) is 23.3 Å². The Labute approximate surface area is 127 Å². The average Bonchev–Trinajstić information content (AvgIpc) is 2.52. The van der Waals surface area contributed by atoms with Crippen LogP contribution in [0.4, 0.5) is 0 Å². The van der Waals surface area contributed by atoms with Crippen molar-refractivity contribution in [3.63, 3.8) is 0 Å². The minimum atomic E-state index is -1.31. The Kier molecular flexibility index (Phi) is 3.35. The number of hydroxylamine groups is 2. The highest BCUT2D eigenvalue weighted by Gasteiger charge is 2.51. The van der Waals surface area contributed by atoms with Crippen LogP contribution in [0.3, 0.4) is 0 Å². The molecule has 0 N–H and O–H groups in total. The lowest BCUT2D eigenvalue weighted by molar-refractivity contribution is -0.194. The summed E-state index contributed by atoms with van der Waals surface area (Å²) in [6, 6.07) is 18.6. The highest BCUT2D eigenvalue weighted by atomic mass is 32.1. The molecule has 2 aromatic carbocycles. The maximum absolute atomic E-state index is 12.8. The van der Waals surface area contributed by atoms with Crippen LogP contribution < -0.4 is 0 Å². The second kappa shape index (κ2) is 5.18. The molecule has 0 aliphatic carbocycles. The maximum atomic E-state index is 12.8. The zero-order valence-corrected chi connectivity index (χ0v) is 12.2. The molecule has 1 saturated heterocycles. The van der Waals surface area contributed by atoms with Crippen LogP contribution in [0.15, 0.2) is 60.7 Å². The Morgan fingerprint density at radius 1 is 0.952 bits per heavy atom. The number of thiocarbonyl (C=S) groups is 1. The molecular weight excluding hydrogens is 286 g/mol. The number of nitrogens with zero attached hydrogens (tertiary/aromatic N) is 1. The van der Waals surface area contributed by atoms with Gasteiger partial charge in [0.05, 0.1) is 0 Å². The molecule has 1 aliphatic heterocycles. The molecule has 0 atom stereocenters. The Morgan fingerprint density at radius 2 is 1.43 bits per heavy atom. The van der Waals surface area contributed by atoms with Gasteiger partial charge in [0.15, 0.2) is 0 Å². The van der Waals surface area contributed by atoms with Crippen LogP contribution in [0.25, 0.3) is 0 Å². The second-order valence-corrected chi connectivity index (χ2v) is 4.99. The number of carbonyl (C=O) groups excluding carboxylic acids is 1. The van der Waals surface area contributed by atoms with Crippen molar-refractivity contribution in [2.75, 3.05) is 7.05 Å². The molecule has 1 fully saturated rings. The minimum absolute atomic E-state index is 0.0789. The summed E-state index contributed by atoms with van der Waals surface area (Å²) in [6.07, 6.45) is 0. The number of hydrogen-bond acceptors (Lipinski definition) is 4. The summed E-state index contributed by atoms with van der Waals surface area (Å²) in [5.74, 6) is -0.325. The molecule has 3 rings (SSSR count). The summed E-state index contributed by atoms with van der Waals surface area (Å²) in [5.41, 5.74) is 0.101. The number of amides is 1. The van der Waals surface area contributed by atoms with Crippen molar-refractivity contribution in [2.24, 2.45) is 0 Å². The smallest absolute Gasteiger partial charge is 0.379 e. The number of rotatable bonds is 2. The van der Waals surface area contributed by atoms with Gasteiger partial charge in [-0.15, -0.1) is 0 Å². The van der Waals surface area contributed by atoms with Gasteiger partial charge in [0.2, 0.25) is 5.60 Å². The summed E-state index contributed by atoms with van der Waals surface area (Å²) >= 11 is 5.05. The highest BCUT2D eigenvalue weighted by Crippen LogP contribution is 2.38. The highest BCUT2D eigenvalue weighted by molar-refractivity contribution is 7.79. The first-order valence-corrected chi connectivity index (χ1v) is 6.85. The van der Waals surface area contributed by atoms with Crippen LogP contribution in [0.5, 0.6) is 0 Å². The van der Waals surface area contributed by atoms with Gasteiger partial charge in [-0.3, -0.25) is 4.79 Å². The quantitative estimate of drug-likeness (QED) is 0.799. The number of likely N-dealkylation sites (N-methyl/N-ethyl adjacent to an activating group) is 1. The average molecular weight is 299 g/mol. The van der Waals surface area contributed by atoms with Gasteiger partial charge in [-0.2, -0.15) is 5.06 Å². The summed E-state index contributed by atoms with van der Waals surface area (Å²) in [5, 5.41) is 1.04. The van der Waals surface area contributed by atoms with E-state index >= 15 is 0 Å². The van der Waals surface area contributed by atoms with E-state index in [1.54, 1.807) is 0 Å². The molecular formula is C16H13NO3S. The van der Waals surface area contributed by atoms with Crippen LogP contribution in [-0.2, 0) is 20.0 Å². The summed E-state index contributed by atoms with van der Waals surface area (Å²) in [6.45, 7) is 0. The summed E-state index contributed by atoms with van der Waals surface area (Å²) in [4.78, 5) is 17.9. The molecule has 0 bridgehead atoms. The lowest BCUT2D eigenvalue weighted by Gasteiger charge is -2.39. The second-order valence-electron chi connectivity index (χ2n) is 4.66. The lowest BCUT2D eigenvalue weighted by Crippen LogP contribution is -2.54. The molecule has 0 spiro atoms. The predicted molar refractivity (Wildman–Crippen MR) is 81.2 cm³/mol. The number of hydrogen-bond donors (Lipinski definition) is 0. The molecule has 0 aromatic heterocycles. The van der Waals surface area contributed by atoms with Gasteiger partial charge in [0, 0.05) is 30.4 Å². The summed E-state index contributed by atoms with van der Waals surface area (Å²) < 4.78 is 5.75. The van der Waals surface area contributed by atoms with Crippen LogP contribution >= 0.6 is 12.2 Å². The maximum Gasteiger partial charge on any atom is 0.379 e. The van der Waals surface area contributed by atoms with E-state index in [1.807, 2.05) is 60.7 Å². The molecule has 5 heteroatoms. The topological polar surface area (TPSA) is 38.8 Å². The molecule has 1 heterocycles. The minimum Gasteiger partial charge on any atom is -0.428 e. The zero-order chi connectivity index (χ0) is 14.9. The van der Waals surface area contributed by atoms with Crippen molar-refractivity contribution < 1.29 is 14.4 Å². The number of carbonyl (C=O) groups is 1. The van der Waals surface area contributed by atoms with Crippen molar-refractivity contribution in [1.82, 2.24) is 5.06 Å². The Balaban J connectivity index is 2.25. The summed E-state index contributed by atoms with van der Waals surface area (Å²) in [7, 11) is 1.53. The SMILES string of the molecule is CN1OC(=S)OC(c2ccccc2)(c2ccccc2)C1=O. The Morgan fingerprint density at radius 3 is 1.90 bits per heavy atom. The van der Waals surface area contributed by atoms with E-state index < -0.39 is 5.60 Å². The van der Waals surface area contributed by atoms with Gasteiger partial charge in [0.25, 0.3) is 0 Å². The largest absolute Gasteiger partial charge is 0.428 e. The van der Waals surface area contributed by atoms with Gasteiger partial charge in [-0.1, -0.05) is 60.7 Å². The van der Waals surface area contributed by atoms with Crippen LogP contribution in [0.1, 0.15) is 11.1 Å². The van der Waals surface area contributed by atoms with Crippen molar-refractivity contribution in [3.8, 4) is 0 Å². The standard InChI is InChI=1S/C16H13NO3S/c1-17-14(18)16(19-15(21)20-17,12-8-4-2-5-9-12)13-10-6-3-7-11-13/h2-11H,1H3. The van der Waals surface area contributed by atoms with Crippen molar-refractivity contribution >= 4 is 23.4 Å². The molecule has 0 unspecified atom stereocenters. The van der Waals surface area contributed by atoms with E-state index in [-0.39, 0.29) is 11.1 Å². The van der Waals surface area contributed by atoms with Gasteiger partial charge in [0.1, 0.15) is 0 Å². The molecule has 21 heavy (non-hydrogen) atoms. The van der Waals surface area contributed by atoms with Gasteiger partial charge >= 0.3 is 11.1 Å². The van der Waals surface area contributed by atoms with E-state index in [4.69, 9.17) is 21.8 Å². The van der Waals surface area contributed by atoms with Gasteiger partial charge in [-0.25, -0.2) is 0 Å². The van der Waals surface area contributed by atoms with Gasteiger partial charge < -0.3 is 9.57 Å². The van der Waals surface area contributed by atoms with Crippen molar-refractivity contribution in [2.45, 2.75) is 5.60 Å². The molecule has 2 aromatic rings. The third-order valence-corrected chi connectivity index (χ3v) is 3.55. The monoisotopic (exact) mass is 299 g/mol. The van der Waals surface area contributed by atoms with E-state index in [2.05, 4.69) is 0 Å².